The highest BCUT2D eigenvalue weighted by Gasteiger charge is 2.07. The summed E-state index contributed by atoms with van der Waals surface area (Å²) in [6, 6.07) is 22.3. The van der Waals surface area contributed by atoms with Crippen molar-refractivity contribution in [3.63, 3.8) is 0 Å². The van der Waals surface area contributed by atoms with Gasteiger partial charge in [-0.15, -0.1) is 11.3 Å². The van der Waals surface area contributed by atoms with Crippen molar-refractivity contribution in [3.8, 4) is 0 Å². The van der Waals surface area contributed by atoms with E-state index in [0.29, 0.717) is 0 Å². The first-order valence-corrected chi connectivity index (χ1v) is 8.89. The van der Waals surface area contributed by atoms with Crippen LogP contribution in [0, 0.1) is 0 Å². The summed E-state index contributed by atoms with van der Waals surface area (Å²) >= 11 is 5.39. The van der Waals surface area contributed by atoms with Crippen LogP contribution in [0.15, 0.2) is 70.5 Å². The van der Waals surface area contributed by atoms with E-state index in [1.54, 1.807) is 0 Å². The monoisotopic (exact) mass is 362 g/mol. The van der Waals surface area contributed by atoms with E-state index >= 15 is 0 Å². The molecule has 0 aliphatic carbocycles. The Balaban J connectivity index is 2.00. The number of halogens is 1. The van der Waals surface area contributed by atoms with Crippen molar-refractivity contribution in [2.45, 2.75) is 0 Å². The zero-order valence-electron chi connectivity index (χ0n) is 11.6. The van der Waals surface area contributed by atoms with Crippen LogP contribution in [0.25, 0.3) is 42.4 Å². The standard InChI is InChI=1S/C20H11BrS/c21-16-4-1-13-11-19-14(9-15(13)10-16)3-6-18-17(19)5-2-12-7-8-22-20(12)18/h1-11H. The van der Waals surface area contributed by atoms with Gasteiger partial charge in [0.05, 0.1) is 0 Å². The lowest BCUT2D eigenvalue weighted by atomic mass is 9.98. The second-order valence-electron chi connectivity index (χ2n) is 5.63. The molecule has 0 fully saturated rings. The summed E-state index contributed by atoms with van der Waals surface area (Å²) in [5, 5.41) is 11.4. The first-order chi connectivity index (χ1) is 10.8. The predicted molar refractivity (Wildman–Crippen MR) is 102 cm³/mol. The van der Waals surface area contributed by atoms with Crippen molar-refractivity contribution in [3.05, 3.63) is 70.5 Å². The van der Waals surface area contributed by atoms with Gasteiger partial charge in [0.2, 0.25) is 0 Å². The van der Waals surface area contributed by atoms with E-state index in [9.17, 15) is 0 Å². The molecule has 0 atom stereocenters. The van der Waals surface area contributed by atoms with Gasteiger partial charge in [-0.2, -0.15) is 0 Å². The van der Waals surface area contributed by atoms with Gasteiger partial charge in [0, 0.05) is 14.6 Å². The Hall–Kier alpha value is -1.90. The van der Waals surface area contributed by atoms with E-state index in [0.717, 1.165) is 4.47 Å². The summed E-state index contributed by atoms with van der Waals surface area (Å²) in [5.74, 6) is 0. The van der Waals surface area contributed by atoms with Crippen LogP contribution in [-0.4, -0.2) is 0 Å². The Kier molecular flexibility index (Phi) is 2.61. The smallest absolute Gasteiger partial charge is 0.0421 e. The molecule has 0 aliphatic rings. The predicted octanol–water partition coefficient (Wildman–Crippen LogP) is 7.12. The molecular weight excluding hydrogens is 352 g/mol. The summed E-state index contributed by atoms with van der Waals surface area (Å²) in [6.45, 7) is 0. The maximum absolute atomic E-state index is 3.56. The third kappa shape index (κ3) is 1.74. The summed E-state index contributed by atoms with van der Waals surface area (Å²) in [7, 11) is 0. The zero-order chi connectivity index (χ0) is 14.7. The Morgan fingerprint density at radius 1 is 0.591 bits per heavy atom. The highest BCUT2D eigenvalue weighted by atomic mass is 79.9. The minimum atomic E-state index is 1.13. The summed E-state index contributed by atoms with van der Waals surface area (Å²) in [4.78, 5) is 0. The van der Waals surface area contributed by atoms with Gasteiger partial charge in [-0.25, -0.2) is 0 Å². The van der Waals surface area contributed by atoms with E-state index in [4.69, 9.17) is 0 Å². The molecule has 2 heteroatoms. The largest absolute Gasteiger partial charge is 0.143 e. The molecule has 1 aromatic heterocycles. The Morgan fingerprint density at radius 2 is 1.41 bits per heavy atom. The maximum atomic E-state index is 3.56. The molecule has 0 spiro atoms. The fourth-order valence-corrected chi connectivity index (χ4v) is 4.59. The molecule has 0 saturated carbocycles. The Morgan fingerprint density at radius 3 is 2.36 bits per heavy atom. The minimum absolute atomic E-state index is 1.13. The average molecular weight is 363 g/mol. The first-order valence-electron chi connectivity index (χ1n) is 7.21. The number of rotatable bonds is 0. The molecule has 0 saturated heterocycles. The van der Waals surface area contributed by atoms with Crippen molar-refractivity contribution >= 4 is 69.7 Å². The number of hydrogen-bond acceptors (Lipinski definition) is 1. The highest BCUT2D eigenvalue weighted by Crippen LogP contribution is 2.35. The van der Waals surface area contributed by atoms with E-state index in [2.05, 4.69) is 82.0 Å². The third-order valence-corrected chi connectivity index (χ3v) is 5.81. The van der Waals surface area contributed by atoms with Crippen molar-refractivity contribution in [2.75, 3.05) is 0 Å². The average Bonchev–Trinajstić information content (AvgIpc) is 3.01. The molecule has 0 unspecified atom stereocenters. The molecule has 4 aromatic carbocycles. The number of fused-ring (bicyclic) bond motifs is 6. The lowest BCUT2D eigenvalue weighted by Gasteiger charge is -2.07. The van der Waals surface area contributed by atoms with E-state index < -0.39 is 0 Å². The van der Waals surface area contributed by atoms with Crippen LogP contribution in [-0.2, 0) is 0 Å². The molecule has 0 radical (unpaired) electrons. The van der Waals surface area contributed by atoms with Crippen LogP contribution in [0.1, 0.15) is 0 Å². The van der Waals surface area contributed by atoms with Crippen LogP contribution in [0.5, 0.6) is 0 Å². The normalized spacial score (nSPS) is 11.9. The molecule has 0 bridgehead atoms. The molecule has 1 heterocycles. The summed E-state index contributed by atoms with van der Waals surface area (Å²) in [6.07, 6.45) is 0. The number of hydrogen-bond donors (Lipinski definition) is 0. The lowest BCUT2D eigenvalue weighted by Crippen LogP contribution is -1.80. The summed E-state index contributed by atoms with van der Waals surface area (Å²) < 4.78 is 2.51. The maximum Gasteiger partial charge on any atom is 0.0421 e. The van der Waals surface area contributed by atoms with Crippen molar-refractivity contribution in [1.29, 1.82) is 0 Å². The van der Waals surface area contributed by atoms with Gasteiger partial charge in [-0.3, -0.25) is 0 Å². The minimum Gasteiger partial charge on any atom is -0.143 e. The molecule has 22 heavy (non-hydrogen) atoms. The van der Waals surface area contributed by atoms with Gasteiger partial charge >= 0.3 is 0 Å². The Bertz CT molecular complexity index is 1180. The second kappa shape index (κ2) is 4.55. The van der Waals surface area contributed by atoms with Gasteiger partial charge in [-0.1, -0.05) is 46.3 Å². The fraction of sp³-hybridized carbons (Fsp3) is 0. The first kappa shape index (κ1) is 12.6. The van der Waals surface area contributed by atoms with E-state index in [1.807, 2.05) is 11.3 Å². The molecule has 5 rings (SSSR count). The molecule has 104 valence electrons. The molecule has 0 nitrogen and oxygen atoms in total. The fourth-order valence-electron chi connectivity index (χ4n) is 3.29. The molecule has 0 amide bonds. The molecule has 5 aromatic rings. The molecule has 0 aliphatic heterocycles. The van der Waals surface area contributed by atoms with Crippen molar-refractivity contribution in [1.82, 2.24) is 0 Å². The topological polar surface area (TPSA) is 0 Å². The summed E-state index contributed by atoms with van der Waals surface area (Å²) in [5.41, 5.74) is 0. The van der Waals surface area contributed by atoms with Gasteiger partial charge < -0.3 is 0 Å². The quantitative estimate of drug-likeness (QED) is 0.203. The zero-order valence-corrected chi connectivity index (χ0v) is 14.0. The van der Waals surface area contributed by atoms with E-state index in [1.165, 1.54) is 42.4 Å². The van der Waals surface area contributed by atoms with Crippen LogP contribution < -0.4 is 0 Å². The van der Waals surface area contributed by atoms with Crippen molar-refractivity contribution < 1.29 is 0 Å². The van der Waals surface area contributed by atoms with Crippen LogP contribution in [0.2, 0.25) is 0 Å². The van der Waals surface area contributed by atoms with Crippen LogP contribution >= 0.6 is 27.3 Å². The number of benzene rings is 4. The highest BCUT2D eigenvalue weighted by molar-refractivity contribution is 9.10. The second-order valence-corrected chi connectivity index (χ2v) is 7.46. The molecule has 0 N–H and O–H groups in total. The van der Waals surface area contributed by atoms with Crippen LogP contribution in [0.4, 0.5) is 0 Å². The van der Waals surface area contributed by atoms with Gasteiger partial charge in [0.15, 0.2) is 0 Å². The lowest BCUT2D eigenvalue weighted by molar-refractivity contribution is 1.73. The van der Waals surface area contributed by atoms with Crippen LogP contribution in [0.3, 0.4) is 0 Å². The van der Waals surface area contributed by atoms with E-state index in [-0.39, 0.29) is 0 Å². The third-order valence-electron chi connectivity index (χ3n) is 4.35. The molecular formula is C20H11BrS. The van der Waals surface area contributed by atoms with Gasteiger partial charge in [0.25, 0.3) is 0 Å². The van der Waals surface area contributed by atoms with Gasteiger partial charge in [-0.05, 0) is 68.0 Å². The SMILES string of the molecule is Brc1ccc2cc3c(ccc4c3ccc3ccsc34)cc2c1. The number of thiophene rings is 1. The Labute approximate surface area is 140 Å². The van der Waals surface area contributed by atoms with Crippen molar-refractivity contribution in [2.24, 2.45) is 0 Å². The van der Waals surface area contributed by atoms with Gasteiger partial charge in [0.1, 0.15) is 0 Å².